The number of benzene rings is 3. The van der Waals surface area contributed by atoms with Crippen molar-refractivity contribution >= 4 is 0 Å². The molecule has 3 aromatic carbocycles. The lowest BCUT2D eigenvalue weighted by Crippen LogP contribution is -2.27. The lowest BCUT2D eigenvalue weighted by molar-refractivity contribution is -0.207. The quantitative estimate of drug-likeness (QED) is 0.199. The standard InChI is InChI=1S/C30H32F4O3/c1-3-4-5-6-7-8-19-17-36-30(37-18-19)24-14-13-22(26(31)28(24)33)20-9-11-21(12-10-20)23-15-16-25(35-2)29(34)27(23)32/h9-16,19,30H,3-8,17-18H2,1-2H3. The molecule has 0 spiro atoms. The molecule has 198 valence electrons. The van der Waals surface area contributed by atoms with Crippen LogP contribution in [-0.4, -0.2) is 20.3 Å². The Hall–Kier alpha value is -2.90. The number of unbranched alkanes of at least 4 members (excludes halogenated alkanes) is 4. The molecule has 0 amide bonds. The maximum Gasteiger partial charge on any atom is 0.201 e. The molecule has 0 aromatic heterocycles. The van der Waals surface area contributed by atoms with Gasteiger partial charge in [0.2, 0.25) is 5.82 Å². The lowest BCUT2D eigenvalue weighted by Gasteiger charge is -2.30. The first-order valence-corrected chi connectivity index (χ1v) is 12.8. The lowest BCUT2D eigenvalue weighted by atomic mass is 9.98. The molecule has 0 atom stereocenters. The van der Waals surface area contributed by atoms with Crippen LogP contribution in [0.1, 0.15) is 57.3 Å². The molecule has 3 aromatic rings. The second-order valence-electron chi connectivity index (χ2n) is 9.42. The van der Waals surface area contributed by atoms with Gasteiger partial charge >= 0.3 is 0 Å². The minimum Gasteiger partial charge on any atom is -0.494 e. The summed E-state index contributed by atoms with van der Waals surface area (Å²) in [6.45, 7) is 3.08. The largest absolute Gasteiger partial charge is 0.494 e. The Balaban J connectivity index is 1.43. The minimum absolute atomic E-state index is 0.0232. The zero-order chi connectivity index (χ0) is 26.4. The summed E-state index contributed by atoms with van der Waals surface area (Å²) in [6.07, 6.45) is 6.01. The van der Waals surface area contributed by atoms with Gasteiger partial charge in [0.05, 0.1) is 20.3 Å². The summed E-state index contributed by atoms with van der Waals surface area (Å²) in [6, 6.07) is 11.8. The highest BCUT2D eigenvalue weighted by molar-refractivity contribution is 5.71. The number of hydrogen-bond donors (Lipinski definition) is 0. The molecule has 1 fully saturated rings. The van der Waals surface area contributed by atoms with E-state index in [-0.39, 0.29) is 28.4 Å². The monoisotopic (exact) mass is 516 g/mol. The molecule has 0 bridgehead atoms. The van der Waals surface area contributed by atoms with E-state index in [4.69, 9.17) is 14.2 Å². The Bertz CT molecular complexity index is 1190. The van der Waals surface area contributed by atoms with Gasteiger partial charge in [0, 0.05) is 22.6 Å². The van der Waals surface area contributed by atoms with E-state index < -0.39 is 29.6 Å². The molecule has 7 heteroatoms. The van der Waals surface area contributed by atoms with E-state index in [1.807, 2.05) is 0 Å². The second kappa shape index (κ2) is 12.6. The van der Waals surface area contributed by atoms with Gasteiger partial charge in [0.15, 0.2) is 29.5 Å². The van der Waals surface area contributed by atoms with Crippen molar-refractivity contribution in [1.29, 1.82) is 0 Å². The molecular weight excluding hydrogens is 484 g/mol. The van der Waals surface area contributed by atoms with Gasteiger partial charge < -0.3 is 14.2 Å². The summed E-state index contributed by atoms with van der Waals surface area (Å²) >= 11 is 0. The first-order chi connectivity index (χ1) is 17.9. The minimum atomic E-state index is -1.08. The van der Waals surface area contributed by atoms with E-state index in [1.54, 1.807) is 0 Å². The molecule has 0 N–H and O–H groups in total. The van der Waals surface area contributed by atoms with Crippen molar-refractivity contribution in [3.05, 3.63) is 77.4 Å². The average molecular weight is 517 g/mol. The van der Waals surface area contributed by atoms with E-state index in [0.29, 0.717) is 24.3 Å². The fourth-order valence-corrected chi connectivity index (χ4v) is 4.64. The number of halogens is 4. The van der Waals surface area contributed by atoms with E-state index in [1.165, 1.54) is 81.3 Å². The number of hydrogen-bond acceptors (Lipinski definition) is 3. The van der Waals surface area contributed by atoms with Gasteiger partial charge in [-0.15, -0.1) is 0 Å². The third-order valence-electron chi connectivity index (χ3n) is 6.82. The molecule has 1 aliphatic heterocycles. The Morgan fingerprint density at radius 3 is 1.86 bits per heavy atom. The highest BCUT2D eigenvalue weighted by Crippen LogP contribution is 2.35. The van der Waals surface area contributed by atoms with Crippen molar-refractivity contribution in [3.8, 4) is 28.0 Å². The predicted octanol–water partition coefficient (Wildman–Crippen LogP) is 8.61. The van der Waals surface area contributed by atoms with Gasteiger partial charge in [0.25, 0.3) is 0 Å². The SMILES string of the molecule is CCCCCCCC1COC(c2ccc(-c3ccc(-c4ccc(OC)c(F)c4F)cc3)c(F)c2F)OC1. The van der Waals surface area contributed by atoms with Gasteiger partial charge in [-0.1, -0.05) is 75.4 Å². The summed E-state index contributed by atoms with van der Waals surface area (Å²) in [5.74, 6) is -4.10. The van der Waals surface area contributed by atoms with Crippen LogP contribution in [0.25, 0.3) is 22.3 Å². The van der Waals surface area contributed by atoms with Crippen molar-refractivity contribution in [1.82, 2.24) is 0 Å². The third-order valence-corrected chi connectivity index (χ3v) is 6.82. The summed E-state index contributed by atoms with van der Waals surface area (Å²) in [4.78, 5) is 0. The maximum atomic E-state index is 15.1. The molecule has 1 saturated heterocycles. The normalized spacial score (nSPS) is 17.7. The van der Waals surface area contributed by atoms with E-state index >= 15 is 8.78 Å². The molecule has 37 heavy (non-hydrogen) atoms. The summed E-state index contributed by atoms with van der Waals surface area (Å²) in [7, 11) is 1.25. The van der Waals surface area contributed by atoms with Crippen molar-refractivity contribution in [3.63, 3.8) is 0 Å². The molecule has 1 aliphatic rings. The summed E-state index contributed by atoms with van der Waals surface area (Å²) in [5.41, 5.74) is 0.904. The first-order valence-electron chi connectivity index (χ1n) is 12.8. The number of methoxy groups -OCH3 is 1. The van der Waals surface area contributed by atoms with Crippen LogP contribution in [0.15, 0.2) is 48.5 Å². The Labute approximate surface area is 215 Å². The van der Waals surface area contributed by atoms with E-state index in [9.17, 15) is 8.78 Å². The molecular formula is C30H32F4O3. The van der Waals surface area contributed by atoms with E-state index in [0.717, 1.165) is 12.8 Å². The van der Waals surface area contributed by atoms with Crippen LogP contribution < -0.4 is 4.74 Å². The van der Waals surface area contributed by atoms with Crippen molar-refractivity contribution < 1.29 is 31.8 Å². The molecule has 0 radical (unpaired) electrons. The second-order valence-corrected chi connectivity index (χ2v) is 9.42. The Morgan fingerprint density at radius 2 is 1.27 bits per heavy atom. The third kappa shape index (κ3) is 6.16. The van der Waals surface area contributed by atoms with Crippen LogP contribution in [0.3, 0.4) is 0 Å². The number of rotatable bonds is 10. The maximum absolute atomic E-state index is 15.1. The molecule has 3 nitrogen and oxygen atoms in total. The fourth-order valence-electron chi connectivity index (χ4n) is 4.64. The van der Waals surface area contributed by atoms with Crippen molar-refractivity contribution in [2.24, 2.45) is 5.92 Å². The topological polar surface area (TPSA) is 27.7 Å². The highest BCUT2D eigenvalue weighted by Gasteiger charge is 2.28. The first kappa shape index (κ1) is 27.1. The summed E-state index contributed by atoms with van der Waals surface area (Å²) in [5, 5.41) is 0. The molecule has 4 rings (SSSR count). The van der Waals surface area contributed by atoms with Crippen LogP contribution in [-0.2, 0) is 9.47 Å². The van der Waals surface area contributed by atoms with Gasteiger partial charge in [-0.2, -0.15) is 4.39 Å². The molecule has 0 aliphatic carbocycles. The van der Waals surface area contributed by atoms with Gasteiger partial charge in [-0.3, -0.25) is 0 Å². The summed E-state index contributed by atoms with van der Waals surface area (Å²) < 4.78 is 74.9. The van der Waals surface area contributed by atoms with Gasteiger partial charge in [-0.25, -0.2) is 13.2 Å². The van der Waals surface area contributed by atoms with Gasteiger partial charge in [0.1, 0.15) is 0 Å². The Kier molecular flexibility index (Phi) is 9.22. The number of ether oxygens (including phenoxy) is 3. The molecule has 0 unspecified atom stereocenters. The smallest absolute Gasteiger partial charge is 0.201 e. The average Bonchev–Trinajstić information content (AvgIpc) is 2.92. The van der Waals surface area contributed by atoms with E-state index in [2.05, 4.69) is 6.92 Å². The Morgan fingerprint density at radius 1 is 0.703 bits per heavy atom. The van der Waals surface area contributed by atoms with Crippen molar-refractivity contribution in [2.75, 3.05) is 20.3 Å². The van der Waals surface area contributed by atoms with Crippen LogP contribution in [0.2, 0.25) is 0 Å². The molecule has 1 heterocycles. The van der Waals surface area contributed by atoms with Gasteiger partial charge in [-0.05, 0) is 29.7 Å². The molecule has 0 saturated carbocycles. The zero-order valence-electron chi connectivity index (χ0n) is 21.2. The van der Waals surface area contributed by atoms with Crippen LogP contribution in [0, 0.1) is 29.2 Å². The zero-order valence-corrected chi connectivity index (χ0v) is 21.2. The van der Waals surface area contributed by atoms with Crippen LogP contribution in [0.5, 0.6) is 5.75 Å². The van der Waals surface area contributed by atoms with Crippen molar-refractivity contribution in [2.45, 2.75) is 51.7 Å². The van der Waals surface area contributed by atoms with Crippen LogP contribution >= 0.6 is 0 Å². The fraction of sp³-hybridized carbons (Fsp3) is 0.400. The predicted molar refractivity (Wildman–Crippen MR) is 135 cm³/mol. The highest BCUT2D eigenvalue weighted by atomic mass is 19.2. The van der Waals surface area contributed by atoms with Crippen LogP contribution in [0.4, 0.5) is 17.6 Å².